The van der Waals surface area contributed by atoms with E-state index in [-0.39, 0.29) is 0 Å². The summed E-state index contributed by atoms with van der Waals surface area (Å²) in [4.78, 5) is 0. The molecule has 0 unspecified atom stereocenters. The lowest BCUT2D eigenvalue weighted by atomic mass is 9.87. The van der Waals surface area contributed by atoms with Gasteiger partial charge in [-0.1, -0.05) is 79.9 Å². The zero-order chi connectivity index (χ0) is 15.1. The normalized spacial score (nSPS) is 16.2. The third kappa shape index (κ3) is 2.35. The van der Waals surface area contributed by atoms with Crippen molar-refractivity contribution in [3.63, 3.8) is 0 Å². The smallest absolute Gasteiger partial charge is 0.0318 e. The van der Waals surface area contributed by atoms with Gasteiger partial charge in [0, 0.05) is 14.9 Å². The molecule has 0 bridgehead atoms. The Morgan fingerprint density at radius 3 is 2.05 bits per heavy atom. The Balaban J connectivity index is 1.96. The molecular weight excluding hydrogens is 400 g/mol. The van der Waals surface area contributed by atoms with Crippen molar-refractivity contribution in [2.24, 2.45) is 0 Å². The minimum absolute atomic E-state index is 0.340. The van der Waals surface area contributed by atoms with E-state index in [1.807, 2.05) is 0 Å². The van der Waals surface area contributed by atoms with E-state index in [1.165, 1.54) is 27.8 Å². The molecule has 4 rings (SSSR count). The molecule has 108 valence electrons. The minimum atomic E-state index is 0.340. The lowest BCUT2D eigenvalue weighted by Gasteiger charge is -2.17. The van der Waals surface area contributed by atoms with Crippen molar-refractivity contribution in [2.75, 3.05) is 0 Å². The van der Waals surface area contributed by atoms with Gasteiger partial charge in [0.25, 0.3) is 0 Å². The fourth-order valence-electron chi connectivity index (χ4n) is 3.41. The minimum Gasteiger partial charge on any atom is -0.0804 e. The largest absolute Gasteiger partial charge is 0.0804 e. The van der Waals surface area contributed by atoms with Gasteiger partial charge >= 0.3 is 0 Å². The number of hydrogen-bond donors (Lipinski definition) is 0. The van der Waals surface area contributed by atoms with E-state index in [0.29, 0.717) is 5.92 Å². The van der Waals surface area contributed by atoms with Crippen LogP contribution in [0.5, 0.6) is 0 Å². The van der Waals surface area contributed by atoms with Gasteiger partial charge in [-0.05, 0) is 52.9 Å². The summed E-state index contributed by atoms with van der Waals surface area (Å²) >= 11 is 7.27. The first-order valence-corrected chi connectivity index (χ1v) is 8.94. The van der Waals surface area contributed by atoms with Crippen LogP contribution in [0.15, 0.2) is 81.3 Å². The predicted octanol–water partition coefficient (Wildman–Crippen LogP) is 6.77. The third-order valence-corrected chi connectivity index (χ3v) is 5.32. The Labute approximate surface area is 147 Å². The van der Waals surface area contributed by atoms with Gasteiger partial charge in [0.05, 0.1) is 0 Å². The van der Waals surface area contributed by atoms with Gasteiger partial charge in [-0.25, -0.2) is 0 Å². The molecule has 0 spiro atoms. The summed E-state index contributed by atoms with van der Waals surface area (Å²) in [6, 6.07) is 13.3. The summed E-state index contributed by atoms with van der Waals surface area (Å²) in [5, 5.41) is 0. The molecule has 2 aliphatic carbocycles. The van der Waals surface area contributed by atoms with Gasteiger partial charge in [-0.3, -0.25) is 0 Å². The molecule has 0 saturated carbocycles. The van der Waals surface area contributed by atoms with E-state index in [1.54, 1.807) is 0 Å². The average Bonchev–Trinajstić information content (AvgIpc) is 2.67. The van der Waals surface area contributed by atoms with E-state index in [0.717, 1.165) is 15.4 Å². The lowest BCUT2D eigenvalue weighted by Crippen LogP contribution is -2.01. The first kappa shape index (κ1) is 14.2. The summed E-state index contributed by atoms with van der Waals surface area (Å²) in [5.74, 6) is 0.340. The number of hydrogen-bond acceptors (Lipinski definition) is 0. The monoisotopic (exact) mass is 412 g/mol. The van der Waals surface area contributed by atoms with Crippen LogP contribution in [0, 0.1) is 0 Å². The molecule has 0 nitrogen and oxygen atoms in total. The summed E-state index contributed by atoms with van der Waals surface area (Å²) in [6.07, 6.45) is 11.9. The molecule has 0 atom stereocenters. The molecule has 2 heteroatoms. The molecule has 0 heterocycles. The van der Waals surface area contributed by atoms with E-state index in [2.05, 4.69) is 98.6 Å². The number of allylic oxidation sites excluding steroid dienone is 6. The zero-order valence-electron chi connectivity index (χ0n) is 11.9. The highest BCUT2D eigenvalue weighted by atomic mass is 79.9. The van der Waals surface area contributed by atoms with Gasteiger partial charge < -0.3 is 0 Å². The van der Waals surface area contributed by atoms with Gasteiger partial charge in [0.15, 0.2) is 0 Å². The Bertz CT molecular complexity index is 789. The molecule has 2 aromatic carbocycles. The molecule has 2 aromatic rings. The van der Waals surface area contributed by atoms with E-state index >= 15 is 0 Å². The van der Waals surface area contributed by atoms with Crippen LogP contribution in [0.3, 0.4) is 0 Å². The van der Waals surface area contributed by atoms with E-state index < -0.39 is 0 Å². The van der Waals surface area contributed by atoms with Crippen molar-refractivity contribution in [3.05, 3.63) is 92.4 Å². The number of benzene rings is 2. The highest BCUT2D eigenvalue weighted by molar-refractivity contribution is 9.10. The second-order valence-corrected chi connectivity index (χ2v) is 7.49. The first-order valence-electron chi connectivity index (χ1n) is 7.35. The lowest BCUT2D eigenvalue weighted by molar-refractivity contribution is 0.936. The fourth-order valence-corrected chi connectivity index (χ4v) is 4.17. The zero-order valence-corrected chi connectivity index (χ0v) is 15.1. The predicted molar refractivity (Wildman–Crippen MR) is 100 cm³/mol. The molecular formula is C20H14Br2. The van der Waals surface area contributed by atoms with Crippen LogP contribution in [0.25, 0.3) is 11.1 Å². The second kappa shape index (κ2) is 5.68. The van der Waals surface area contributed by atoms with Crippen molar-refractivity contribution in [3.8, 4) is 11.1 Å². The second-order valence-electron chi connectivity index (χ2n) is 5.65. The maximum absolute atomic E-state index is 3.63. The number of halogens is 2. The molecule has 0 amide bonds. The summed E-state index contributed by atoms with van der Waals surface area (Å²) < 4.78 is 2.28. The van der Waals surface area contributed by atoms with Crippen molar-refractivity contribution < 1.29 is 0 Å². The van der Waals surface area contributed by atoms with Crippen LogP contribution >= 0.6 is 31.9 Å². The number of rotatable bonds is 1. The standard InChI is InChI=1S/C20H14Br2/c21-14-7-9-16-17-10-8-15(22)12-19(17)20(18(16)11-14)13-5-3-1-2-4-6-13/h1-5,7-12,20H,6H2. The SMILES string of the molecule is Brc1ccc2c(c1)C(C1=CC=CC=CC1)c1cc(Br)ccc1-2. The molecule has 0 N–H and O–H groups in total. The molecule has 0 radical (unpaired) electrons. The summed E-state index contributed by atoms with van der Waals surface area (Å²) in [7, 11) is 0. The van der Waals surface area contributed by atoms with Crippen LogP contribution in [0.4, 0.5) is 0 Å². The Hall–Kier alpha value is -1.38. The maximum Gasteiger partial charge on any atom is 0.0318 e. The fraction of sp³-hybridized carbons (Fsp3) is 0.100. The van der Waals surface area contributed by atoms with Crippen molar-refractivity contribution in [2.45, 2.75) is 12.3 Å². The highest BCUT2D eigenvalue weighted by Gasteiger charge is 2.31. The van der Waals surface area contributed by atoms with Gasteiger partial charge in [0.1, 0.15) is 0 Å². The van der Waals surface area contributed by atoms with E-state index in [4.69, 9.17) is 0 Å². The van der Waals surface area contributed by atoms with Gasteiger partial charge in [0.2, 0.25) is 0 Å². The van der Waals surface area contributed by atoms with Crippen molar-refractivity contribution >= 4 is 31.9 Å². The Kier molecular flexibility index (Phi) is 3.67. The van der Waals surface area contributed by atoms with Crippen molar-refractivity contribution in [1.82, 2.24) is 0 Å². The van der Waals surface area contributed by atoms with E-state index in [9.17, 15) is 0 Å². The molecule has 0 aromatic heterocycles. The van der Waals surface area contributed by atoms with Gasteiger partial charge in [-0.15, -0.1) is 0 Å². The van der Waals surface area contributed by atoms with Crippen molar-refractivity contribution in [1.29, 1.82) is 0 Å². The van der Waals surface area contributed by atoms with Gasteiger partial charge in [-0.2, -0.15) is 0 Å². The summed E-state index contributed by atoms with van der Waals surface area (Å²) in [5.41, 5.74) is 6.96. The molecule has 0 aliphatic heterocycles. The molecule has 22 heavy (non-hydrogen) atoms. The van der Waals surface area contributed by atoms with Crippen LogP contribution in [0.1, 0.15) is 23.5 Å². The van der Waals surface area contributed by atoms with Crippen LogP contribution < -0.4 is 0 Å². The quantitative estimate of drug-likeness (QED) is 0.484. The third-order valence-electron chi connectivity index (χ3n) is 4.33. The molecule has 0 saturated heterocycles. The molecule has 0 fully saturated rings. The van der Waals surface area contributed by atoms with Crippen LogP contribution in [-0.2, 0) is 0 Å². The highest BCUT2D eigenvalue weighted by Crippen LogP contribution is 2.50. The topological polar surface area (TPSA) is 0 Å². The number of fused-ring (bicyclic) bond motifs is 3. The summed E-state index contributed by atoms with van der Waals surface area (Å²) in [6.45, 7) is 0. The Morgan fingerprint density at radius 2 is 1.41 bits per heavy atom. The van der Waals surface area contributed by atoms with Crippen LogP contribution in [-0.4, -0.2) is 0 Å². The Morgan fingerprint density at radius 1 is 0.773 bits per heavy atom. The maximum atomic E-state index is 3.63. The average molecular weight is 414 g/mol. The van der Waals surface area contributed by atoms with Crippen LogP contribution in [0.2, 0.25) is 0 Å². The first-order chi connectivity index (χ1) is 10.7. The molecule has 2 aliphatic rings.